The number of nitrogens with two attached hydrogens (primary N) is 1. The molecule has 128 valence electrons. The summed E-state index contributed by atoms with van der Waals surface area (Å²) >= 11 is 5.83. The van der Waals surface area contributed by atoms with Gasteiger partial charge in [0.1, 0.15) is 23.7 Å². The minimum Gasteiger partial charge on any atom is -0.488 e. The summed E-state index contributed by atoms with van der Waals surface area (Å²) in [6.07, 6.45) is 4.99. The topological polar surface area (TPSA) is 73.1 Å². The third kappa shape index (κ3) is 3.17. The van der Waals surface area contributed by atoms with E-state index in [4.69, 9.17) is 22.1 Å². The number of ether oxygens (including phenoxy) is 1. The summed E-state index contributed by atoms with van der Waals surface area (Å²) < 4.78 is 19.2. The first-order valence-electron chi connectivity index (χ1n) is 8.03. The van der Waals surface area contributed by atoms with Crippen LogP contribution in [0.2, 0.25) is 5.02 Å². The second kappa shape index (κ2) is 6.37. The molecule has 1 saturated carbocycles. The molecule has 0 amide bonds. The summed E-state index contributed by atoms with van der Waals surface area (Å²) in [6.45, 7) is 0. The van der Waals surface area contributed by atoms with Crippen molar-refractivity contribution in [3.63, 3.8) is 0 Å². The number of aromatic nitrogens is 2. The number of anilines is 3. The van der Waals surface area contributed by atoms with Gasteiger partial charge in [-0.25, -0.2) is 14.4 Å². The third-order valence-electron chi connectivity index (χ3n) is 4.30. The number of halogens is 2. The van der Waals surface area contributed by atoms with Crippen LogP contribution in [-0.4, -0.2) is 16.1 Å². The average Bonchev–Trinajstić information content (AvgIpc) is 2.55. The molecule has 25 heavy (non-hydrogen) atoms. The summed E-state index contributed by atoms with van der Waals surface area (Å²) in [4.78, 5) is 8.55. The lowest BCUT2D eigenvalue weighted by Gasteiger charge is -2.27. The zero-order valence-electron chi connectivity index (χ0n) is 13.3. The van der Waals surface area contributed by atoms with E-state index in [-0.39, 0.29) is 11.1 Å². The fourth-order valence-corrected chi connectivity index (χ4v) is 2.86. The smallest absolute Gasteiger partial charge is 0.144 e. The van der Waals surface area contributed by atoms with Crippen molar-refractivity contribution in [1.82, 2.24) is 9.97 Å². The highest BCUT2D eigenvalue weighted by Crippen LogP contribution is 2.34. The zero-order valence-corrected chi connectivity index (χ0v) is 14.1. The molecule has 1 fully saturated rings. The van der Waals surface area contributed by atoms with E-state index >= 15 is 0 Å². The summed E-state index contributed by atoms with van der Waals surface area (Å²) in [7, 11) is 0. The maximum atomic E-state index is 13.3. The molecule has 1 aliphatic carbocycles. The molecule has 0 radical (unpaired) electrons. The van der Waals surface area contributed by atoms with E-state index in [9.17, 15) is 4.39 Å². The molecule has 7 heteroatoms. The number of fused-ring (bicyclic) bond motifs is 1. The van der Waals surface area contributed by atoms with Crippen LogP contribution < -0.4 is 15.8 Å². The van der Waals surface area contributed by atoms with Crippen LogP contribution >= 0.6 is 11.6 Å². The van der Waals surface area contributed by atoms with Gasteiger partial charge in [-0.15, -0.1) is 0 Å². The van der Waals surface area contributed by atoms with Crippen LogP contribution in [-0.2, 0) is 0 Å². The highest BCUT2D eigenvalue weighted by Gasteiger charge is 2.20. The number of rotatable bonds is 4. The molecule has 4 rings (SSSR count). The van der Waals surface area contributed by atoms with Crippen molar-refractivity contribution in [2.24, 2.45) is 0 Å². The van der Waals surface area contributed by atoms with Gasteiger partial charge in [0.25, 0.3) is 0 Å². The van der Waals surface area contributed by atoms with E-state index in [0.717, 1.165) is 18.2 Å². The Labute approximate surface area is 149 Å². The van der Waals surface area contributed by atoms with Crippen molar-refractivity contribution in [3.05, 3.63) is 47.5 Å². The first kappa shape index (κ1) is 15.9. The lowest BCUT2D eigenvalue weighted by Crippen LogP contribution is -2.24. The number of nitrogens with zero attached hydrogens (tertiary/aromatic N) is 2. The second-order valence-electron chi connectivity index (χ2n) is 6.05. The molecule has 0 unspecified atom stereocenters. The highest BCUT2D eigenvalue weighted by atomic mass is 35.5. The molecule has 0 bridgehead atoms. The predicted octanol–water partition coefficient (Wildman–Crippen LogP) is 4.68. The van der Waals surface area contributed by atoms with E-state index in [2.05, 4.69) is 15.3 Å². The molecule has 5 nitrogen and oxygen atoms in total. The molecule has 1 heterocycles. The monoisotopic (exact) mass is 358 g/mol. The minimum atomic E-state index is -0.471. The Balaban J connectivity index is 1.69. The van der Waals surface area contributed by atoms with Gasteiger partial charge >= 0.3 is 0 Å². The quantitative estimate of drug-likeness (QED) is 0.662. The third-order valence-corrected chi connectivity index (χ3v) is 4.58. The maximum absolute atomic E-state index is 13.3. The molecule has 0 atom stereocenters. The minimum absolute atomic E-state index is 0.0408. The predicted molar refractivity (Wildman–Crippen MR) is 96.9 cm³/mol. The van der Waals surface area contributed by atoms with Crippen LogP contribution in [0, 0.1) is 5.82 Å². The van der Waals surface area contributed by atoms with Gasteiger partial charge in [0.05, 0.1) is 22.3 Å². The number of nitrogens with one attached hydrogen (secondary N) is 1. The molecule has 0 aliphatic heterocycles. The number of nitrogen functional groups attached to an aromatic ring is 1. The van der Waals surface area contributed by atoms with Gasteiger partial charge in [-0.05, 0) is 43.5 Å². The molecule has 2 aromatic carbocycles. The Morgan fingerprint density at radius 1 is 1.20 bits per heavy atom. The Morgan fingerprint density at radius 3 is 2.76 bits per heavy atom. The van der Waals surface area contributed by atoms with E-state index in [1.807, 2.05) is 6.07 Å². The maximum Gasteiger partial charge on any atom is 0.144 e. The molecule has 0 spiro atoms. The largest absolute Gasteiger partial charge is 0.488 e. The summed E-state index contributed by atoms with van der Waals surface area (Å²) in [6, 6.07) is 8.01. The first-order valence-corrected chi connectivity index (χ1v) is 8.41. The van der Waals surface area contributed by atoms with E-state index < -0.39 is 5.82 Å². The molecule has 1 aliphatic rings. The standard InChI is InChI=1S/C18H16ClFN4O/c19-13-6-10(4-5-14(13)20)24-18-12-7-15(21)17(25-11-2-1-3-11)8-16(12)22-9-23-18/h4-9,11H,1-3,21H2,(H,22,23,24). The zero-order chi connectivity index (χ0) is 17.4. The molecule has 1 aromatic heterocycles. The molecular weight excluding hydrogens is 343 g/mol. The fourth-order valence-electron chi connectivity index (χ4n) is 2.68. The average molecular weight is 359 g/mol. The number of hydrogen-bond donors (Lipinski definition) is 2. The van der Waals surface area contributed by atoms with Crippen LogP contribution in [0.25, 0.3) is 10.9 Å². The van der Waals surface area contributed by atoms with Gasteiger partial charge in [-0.3, -0.25) is 0 Å². The normalized spacial score (nSPS) is 14.3. The Kier molecular flexibility index (Phi) is 4.05. The summed E-state index contributed by atoms with van der Waals surface area (Å²) in [5, 5.41) is 3.92. The van der Waals surface area contributed by atoms with Crippen molar-refractivity contribution in [3.8, 4) is 5.75 Å². The van der Waals surface area contributed by atoms with Gasteiger partial charge < -0.3 is 15.8 Å². The van der Waals surface area contributed by atoms with E-state index in [1.54, 1.807) is 12.1 Å². The highest BCUT2D eigenvalue weighted by molar-refractivity contribution is 6.31. The number of hydrogen-bond acceptors (Lipinski definition) is 5. The summed E-state index contributed by atoms with van der Waals surface area (Å²) in [5.41, 5.74) is 8.02. The van der Waals surface area contributed by atoms with Crippen LogP contribution in [0.4, 0.5) is 21.6 Å². The van der Waals surface area contributed by atoms with Gasteiger partial charge in [0.2, 0.25) is 0 Å². The molecular formula is C18H16ClFN4O. The lowest BCUT2D eigenvalue weighted by molar-refractivity contribution is 0.121. The van der Waals surface area contributed by atoms with Crippen LogP contribution in [0.3, 0.4) is 0 Å². The van der Waals surface area contributed by atoms with E-state index in [1.165, 1.54) is 24.9 Å². The van der Waals surface area contributed by atoms with Gasteiger partial charge in [-0.2, -0.15) is 0 Å². The van der Waals surface area contributed by atoms with Crippen molar-refractivity contribution < 1.29 is 9.13 Å². The fraction of sp³-hybridized carbons (Fsp3) is 0.222. The van der Waals surface area contributed by atoms with Crippen LogP contribution in [0.5, 0.6) is 5.75 Å². The molecule has 3 aromatic rings. The molecule has 0 saturated heterocycles. The molecule has 3 N–H and O–H groups in total. The van der Waals surface area contributed by atoms with Crippen LogP contribution in [0.1, 0.15) is 19.3 Å². The Hall–Kier alpha value is -2.60. The first-order chi connectivity index (χ1) is 12.1. The van der Waals surface area contributed by atoms with Gasteiger partial charge in [0, 0.05) is 17.1 Å². The van der Waals surface area contributed by atoms with Crippen molar-refractivity contribution >= 4 is 39.7 Å². The Morgan fingerprint density at radius 2 is 2.04 bits per heavy atom. The SMILES string of the molecule is Nc1cc2c(Nc3ccc(F)c(Cl)c3)ncnc2cc1OC1CCC1. The number of benzene rings is 2. The van der Waals surface area contributed by atoms with Crippen molar-refractivity contribution in [2.75, 3.05) is 11.1 Å². The van der Waals surface area contributed by atoms with Gasteiger partial charge in [-0.1, -0.05) is 11.6 Å². The van der Waals surface area contributed by atoms with E-state index in [0.29, 0.717) is 28.5 Å². The van der Waals surface area contributed by atoms with Crippen LogP contribution in [0.15, 0.2) is 36.7 Å². The Bertz CT molecular complexity index is 946. The van der Waals surface area contributed by atoms with Gasteiger partial charge in [0.15, 0.2) is 0 Å². The lowest BCUT2D eigenvalue weighted by atomic mass is 9.96. The summed E-state index contributed by atoms with van der Waals surface area (Å²) in [5.74, 6) is 0.739. The van der Waals surface area contributed by atoms with Crippen molar-refractivity contribution in [1.29, 1.82) is 0 Å². The second-order valence-corrected chi connectivity index (χ2v) is 6.46. The van der Waals surface area contributed by atoms with Crippen molar-refractivity contribution in [2.45, 2.75) is 25.4 Å².